The standard InChI is InChI=1S/C17H19F3N4/c1-12-4-3-5-15(24-12)11-23-16(21-2)22-10-13-6-8-14(9-7-13)17(18,19)20/h3-9H,10-11H2,1-2H3,(H2,21,22,23). The van der Waals surface area contributed by atoms with E-state index in [1.807, 2.05) is 25.1 Å². The number of hydrogen-bond donors (Lipinski definition) is 2. The lowest BCUT2D eigenvalue weighted by molar-refractivity contribution is -0.137. The second-order valence-corrected chi connectivity index (χ2v) is 5.24. The van der Waals surface area contributed by atoms with E-state index in [1.165, 1.54) is 12.1 Å². The zero-order chi connectivity index (χ0) is 17.6. The van der Waals surface area contributed by atoms with Gasteiger partial charge in [-0.15, -0.1) is 0 Å². The van der Waals surface area contributed by atoms with Crippen LogP contribution in [0, 0.1) is 6.92 Å². The van der Waals surface area contributed by atoms with Gasteiger partial charge in [-0.3, -0.25) is 9.98 Å². The first-order valence-corrected chi connectivity index (χ1v) is 7.41. The Hall–Kier alpha value is -2.57. The Morgan fingerprint density at radius 2 is 1.71 bits per heavy atom. The van der Waals surface area contributed by atoms with Crippen LogP contribution in [0.5, 0.6) is 0 Å². The molecule has 1 aromatic carbocycles. The molecule has 2 rings (SSSR count). The van der Waals surface area contributed by atoms with Crippen LogP contribution < -0.4 is 10.6 Å². The predicted octanol–water partition coefficient (Wildman–Crippen LogP) is 3.27. The van der Waals surface area contributed by atoms with E-state index in [1.54, 1.807) is 7.05 Å². The summed E-state index contributed by atoms with van der Waals surface area (Å²) >= 11 is 0. The summed E-state index contributed by atoms with van der Waals surface area (Å²) in [7, 11) is 1.63. The van der Waals surface area contributed by atoms with Crippen molar-refractivity contribution in [2.24, 2.45) is 4.99 Å². The van der Waals surface area contributed by atoms with E-state index in [0.717, 1.165) is 29.1 Å². The molecule has 0 spiro atoms. The zero-order valence-electron chi connectivity index (χ0n) is 13.5. The second kappa shape index (κ2) is 7.81. The van der Waals surface area contributed by atoms with Crippen LogP contribution in [0.15, 0.2) is 47.5 Å². The molecule has 24 heavy (non-hydrogen) atoms. The average molecular weight is 336 g/mol. The van der Waals surface area contributed by atoms with Gasteiger partial charge < -0.3 is 10.6 Å². The molecule has 0 fully saturated rings. The number of nitrogens with one attached hydrogen (secondary N) is 2. The topological polar surface area (TPSA) is 49.3 Å². The number of nitrogens with zero attached hydrogens (tertiary/aromatic N) is 2. The van der Waals surface area contributed by atoms with Crippen molar-refractivity contribution in [1.29, 1.82) is 0 Å². The minimum atomic E-state index is -4.32. The van der Waals surface area contributed by atoms with Gasteiger partial charge in [0.25, 0.3) is 0 Å². The Kier molecular flexibility index (Phi) is 5.78. The summed E-state index contributed by atoms with van der Waals surface area (Å²) in [5.74, 6) is 0.554. The largest absolute Gasteiger partial charge is 0.416 e. The molecule has 0 radical (unpaired) electrons. The van der Waals surface area contributed by atoms with E-state index < -0.39 is 11.7 Å². The molecule has 7 heteroatoms. The lowest BCUT2D eigenvalue weighted by atomic mass is 10.1. The van der Waals surface area contributed by atoms with E-state index in [0.29, 0.717) is 19.0 Å². The second-order valence-electron chi connectivity index (χ2n) is 5.24. The van der Waals surface area contributed by atoms with E-state index in [9.17, 15) is 13.2 Å². The molecule has 2 aromatic rings. The molecule has 0 atom stereocenters. The van der Waals surface area contributed by atoms with Gasteiger partial charge in [-0.05, 0) is 36.8 Å². The van der Waals surface area contributed by atoms with Crippen LogP contribution in [0.2, 0.25) is 0 Å². The monoisotopic (exact) mass is 336 g/mol. The average Bonchev–Trinajstić information content (AvgIpc) is 2.55. The number of pyridine rings is 1. The minimum Gasteiger partial charge on any atom is -0.352 e. The molecule has 0 unspecified atom stereocenters. The molecule has 0 aliphatic rings. The van der Waals surface area contributed by atoms with Crippen LogP contribution >= 0.6 is 0 Å². The number of aliphatic imine (C=N–C) groups is 1. The highest BCUT2D eigenvalue weighted by Crippen LogP contribution is 2.28. The molecule has 0 aliphatic heterocycles. The Bertz CT molecular complexity index is 694. The molecule has 4 nitrogen and oxygen atoms in total. The zero-order valence-corrected chi connectivity index (χ0v) is 13.5. The maximum Gasteiger partial charge on any atom is 0.416 e. The van der Waals surface area contributed by atoms with Gasteiger partial charge in [-0.1, -0.05) is 18.2 Å². The summed E-state index contributed by atoms with van der Waals surface area (Å²) in [5.41, 5.74) is 1.90. The third-order valence-corrected chi connectivity index (χ3v) is 3.35. The van der Waals surface area contributed by atoms with Crippen molar-refractivity contribution >= 4 is 5.96 Å². The highest BCUT2D eigenvalue weighted by molar-refractivity contribution is 5.79. The first-order valence-electron chi connectivity index (χ1n) is 7.41. The molecular weight excluding hydrogens is 317 g/mol. The van der Waals surface area contributed by atoms with Crippen LogP contribution in [0.4, 0.5) is 13.2 Å². The first-order chi connectivity index (χ1) is 11.4. The Labute approximate surface area is 138 Å². The quantitative estimate of drug-likeness (QED) is 0.665. The van der Waals surface area contributed by atoms with E-state index in [-0.39, 0.29) is 0 Å². The summed E-state index contributed by atoms with van der Waals surface area (Å²) in [6.07, 6.45) is -4.32. The van der Waals surface area contributed by atoms with Gasteiger partial charge >= 0.3 is 6.18 Å². The first kappa shape index (κ1) is 17.8. The van der Waals surface area contributed by atoms with Crippen molar-refractivity contribution in [3.63, 3.8) is 0 Å². The van der Waals surface area contributed by atoms with Gasteiger partial charge in [0, 0.05) is 19.3 Å². The number of alkyl halides is 3. The van der Waals surface area contributed by atoms with Gasteiger partial charge in [0.05, 0.1) is 17.8 Å². The third-order valence-electron chi connectivity index (χ3n) is 3.35. The van der Waals surface area contributed by atoms with Gasteiger partial charge in [-0.2, -0.15) is 13.2 Å². The van der Waals surface area contributed by atoms with Gasteiger partial charge in [0.15, 0.2) is 5.96 Å². The molecule has 0 aliphatic carbocycles. The van der Waals surface area contributed by atoms with Crippen LogP contribution in [0.3, 0.4) is 0 Å². The molecule has 0 bridgehead atoms. The fraction of sp³-hybridized carbons (Fsp3) is 0.294. The van der Waals surface area contributed by atoms with E-state index in [4.69, 9.17) is 0 Å². The Morgan fingerprint density at radius 3 is 2.29 bits per heavy atom. The number of hydrogen-bond acceptors (Lipinski definition) is 2. The van der Waals surface area contributed by atoms with Crippen molar-refractivity contribution in [2.45, 2.75) is 26.2 Å². The smallest absolute Gasteiger partial charge is 0.352 e. The number of rotatable bonds is 4. The van der Waals surface area contributed by atoms with Crippen molar-refractivity contribution in [1.82, 2.24) is 15.6 Å². The van der Waals surface area contributed by atoms with Gasteiger partial charge in [0.1, 0.15) is 0 Å². The maximum atomic E-state index is 12.5. The SMILES string of the molecule is CN=C(NCc1ccc(C(F)(F)F)cc1)NCc1cccc(C)n1. The number of halogens is 3. The lowest BCUT2D eigenvalue weighted by Gasteiger charge is -2.12. The highest BCUT2D eigenvalue weighted by atomic mass is 19.4. The number of benzene rings is 1. The van der Waals surface area contributed by atoms with Crippen LogP contribution in [0.1, 0.15) is 22.5 Å². The van der Waals surface area contributed by atoms with Crippen molar-refractivity contribution in [2.75, 3.05) is 7.05 Å². The molecule has 128 valence electrons. The molecule has 0 amide bonds. The fourth-order valence-corrected chi connectivity index (χ4v) is 2.09. The predicted molar refractivity (Wildman–Crippen MR) is 87.5 cm³/mol. The van der Waals surface area contributed by atoms with E-state index >= 15 is 0 Å². The van der Waals surface area contributed by atoms with Crippen LogP contribution in [-0.2, 0) is 19.3 Å². The minimum absolute atomic E-state index is 0.374. The third kappa shape index (κ3) is 5.26. The van der Waals surface area contributed by atoms with Crippen molar-refractivity contribution in [3.05, 3.63) is 65.0 Å². The van der Waals surface area contributed by atoms with Gasteiger partial charge in [-0.25, -0.2) is 0 Å². The van der Waals surface area contributed by atoms with Gasteiger partial charge in [0.2, 0.25) is 0 Å². The number of guanidine groups is 1. The van der Waals surface area contributed by atoms with Crippen LogP contribution in [-0.4, -0.2) is 18.0 Å². The fourth-order valence-electron chi connectivity index (χ4n) is 2.09. The lowest BCUT2D eigenvalue weighted by Crippen LogP contribution is -2.36. The van der Waals surface area contributed by atoms with Crippen molar-refractivity contribution in [3.8, 4) is 0 Å². The highest BCUT2D eigenvalue weighted by Gasteiger charge is 2.29. The number of aromatic nitrogens is 1. The van der Waals surface area contributed by atoms with Crippen LogP contribution in [0.25, 0.3) is 0 Å². The maximum absolute atomic E-state index is 12.5. The summed E-state index contributed by atoms with van der Waals surface area (Å²) in [5, 5.41) is 6.17. The Balaban J connectivity index is 1.87. The summed E-state index contributed by atoms with van der Waals surface area (Å²) in [6, 6.07) is 10.8. The summed E-state index contributed by atoms with van der Waals surface area (Å²) in [4.78, 5) is 8.46. The van der Waals surface area contributed by atoms with Crippen molar-refractivity contribution < 1.29 is 13.2 Å². The molecular formula is C17H19F3N4. The summed E-state index contributed by atoms with van der Waals surface area (Å²) < 4.78 is 37.6. The molecule has 2 N–H and O–H groups in total. The Morgan fingerprint density at radius 1 is 1.04 bits per heavy atom. The summed E-state index contributed by atoms with van der Waals surface area (Å²) in [6.45, 7) is 2.80. The normalized spacial score (nSPS) is 12.1. The van der Waals surface area contributed by atoms with E-state index in [2.05, 4.69) is 20.6 Å². The molecule has 0 saturated heterocycles. The molecule has 1 heterocycles. The molecule has 0 saturated carbocycles. The number of aryl methyl sites for hydroxylation is 1. The molecule has 1 aromatic heterocycles.